The van der Waals surface area contributed by atoms with Crippen LogP contribution in [0.1, 0.15) is 33.1 Å². The summed E-state index contributed by atoms with van der Waals surface area (Å²) in [5.74, 6) is -0.261. The number of benzene rings is 1. The van der Waals surface area contributed by atoms with E-state index >= 15 is 0 Å². The van der Waals surface area contributed by atoms with Crippen molar-refractivity contribution in [3.05, 3.63) is 29.0 Å². The lowest BCUT2D eigenvalue weighted by molar-refractivity contribution is -0.135. The van der Waals surface area contributed by atoms with E-state index < -0.39 is 5.82 Å². The van der Waals surface area contributed by atoms with Gasteiger partial charge in [-0.1, -0.05) is 25.4 Å². The lowest BCUT2D eigenvalue weighted by Crippen LogP contribution is -2.41. The predicted octanol–water partition coefficient (Wildman–Crippen LogP) is 3.70. The van der Waals surface area contributed by atoms with Gasteiger partial charge in [0.05, 0.1) is 5.02 Å². The molecule has 1 N–H and O–H groups in total. The average molecular weight is 341 g/mol. The SMILES string of the molecule is CC(C)CC(=O)N1CCC(C(=O)Nc2ccc(F)c(Cl)c2)CC1. The smallest absolute Gasteiger partial charge is 0.227 e. The summed E-state index contributed by atoms with van der Waals surface area (Å²) in [4.78, 5) is 26.1. The molecule has 0 saturated carbocycles. The van der Waals surface area contributed by atoms with Crippen LogP contribution < -0.4 is 5.32 Å². The van der Waals surface area contributed by atoms with Crippen molar-refractivity contribution in [3.63, 3.8) is 0 Å². The largest absolute Gasteiger partial charge is 0.343 e. The molecule has 1 aromatic carbocycles. The fourth-order valence-corrected chi connectivity index (χ4v) is 2.87. The van der Waals surface area contributed by atoms with Crippen LogP contribution in [0.5, 0.6) is 0 Å². The quantitative estimate of drug-likeness (QED) is 0.908. The van der Waals surface area contributed by atoms with Crippen LogP contribution in [-0.4, -0.2) is 29.8 Å². The third kappa shape index (κ3) is 4.93. The molecule has 0 aromatic heterocycles. The average Bonchev–Trinajstić information content (AvgIpc) is 2.50. The molecule has 0 radical (unpaired) electrons. The number of nitrogens with one attached hydrogen (secondary N) is 1. The van der Waals surface area contributed by atoms with Crippen molar-refractivity contribution in [2.24, 2.45) is 11.8 Å². The second kappa shape index (κ2) is 7.77. The van der Waals surface area contributed by atoms with Gasteiger partial charge in [0.2, 0.25) is 11.8 Å². The van der Waals surface area contributed by atoms with Crippen LogP contribution in [0.2, 0.25) is 5.02 Å². The number of rotatable bonds is 4. The third-order valence-electron chi connectivity index (χ3n) is 3.99. The van der Waals surface area contributed by atoms with Gasteiger partial charge in [0.15, 0.2) is 0 Å². The Bertz CT molecular complexity index is 584. The Morgan fingerprint density at radius 3 is 2.57 bits per heavy atom. The zero-order valence-electron chi connectivity index (χ0n) is 13.4. The van der Waals surface area contributed by atoms with Gasteiger partial charge >= 0.3 is 0 Å². The number of nitrogens with zero attached hydrogens (tertiary/aromatic N) is 1. The van der Waals surface area contributed by atoms with Crippen molar-refractivity contribution in [3.8, 4) is 0 Å². The van der Waals surface area contributed by atoms with Crippen molar-refractivity contribution in [2.75, 3.05) is 18.4 Å². The predicted molar refractivity (Wildman–Crippen MR) is 88.8 cm³/mol. The van der Waals surface area contributed by atoms with Crippen LogP contribution in [-0.2, 0) is 9.59 Å². The minimum absolute atomic E-state index is 0.0168. The maximum atomic E-state index is 13.1. The Hall–Kier alpha value is -1.62. The van der Waals surface area contributed by atoms with Gasteiger partial charge in [-0.25, -0.2) is 4.39 Å². The molecular formula is C17H22ClFN2O2. The summed E-state index contributed by atoms with van der Waals surface area (Å²) in [6.45, 7) is 5.25. The molecule has 1 aliphatic heterocycles. The number of carbonyl (C=O) groups is 2. The van der Waals surface area contributed by atoms with Gasteiger partial charge in [-0.15, -0.1) is 0 Å². The highest BCUT2D eigenvalue weighted by Crippen LogP contribution is 2.23. The Labute approximate surface area is 141 Å². The molecule has 0 aliphatic carbocycles. The molecule has 2 amide bonds. The summed E-state index contributed by atoms with van der Waals surface area (Å²) in [5, 5.41) is 2.75. The van der Waals surface area contributed by atoms with Crippen LogP contribution in [0.15, 0.2) is 18.2 Å². The zero-order chi connectivity index (χ0) is 17.0. The van der Waals surface area contributed by atoms with Gasteiger partial charge < -0.3 is 10.2 Å². The molecule has 1 aliphatic rings. The third-order valence-corrected chi connectivity index (χ3v) is 4.28. The van der Waals surface area contributed by atoms with E-state index in [1.807, 2.05) is 18.7 Å². The Morgan fingerprint density at radius 2 is 2.00 bits per heavy atom. The number of hydrogen-bond acceptors (Lipinski definition) is 2. The molecule has 6 heteroatoms. The van der Waals surface area contributed by atoms with Gasteiger partial charge in [0.1, 0.15) is 5.82 Å². The van der Waals surface area contributed by atoms with E-state index in [-0.39, 0.29) is 22.8 Å². The number of halogens is 2. The van der Waals surface area contributed by atoms with E-state index in [1.54, 1.807) is 0 Å². The van der Waals surface area contributed by atoms with E-state index in [4.69, 9.17) is 11.6 Å². The van der Waals surface area contributed by atoms with Crippen molar-refractivity contribution in [1.29, 1.82) is 0 Å². The summed E-state index contributed by atoms with van der Waals surface area (Å²) in [7, 11) is 0. The molecule has 0 spiro atoms. The minimum Gasteiger partial charge on any atom is -0.343 e. The number of hydrogen-bond donors (Lipinski definition) is 1. The van der Waals surface area contributed by atoms with Gasteiger partial charge in [-0.3, -0.25) is 9.59 Å². The summed E-state index contributed by atoms with van der Waals surface area (Å²) in [5.41, 5.74) is 0.486. The maximum Gasteiger partial charge on any atom is 0.227 e. The molecule has 0 atom stereocenters. The van der Waals surface area contributed by atoms with Crippen LogP contribution in [0.3, 0.4) is 0 Å². The first kappa shape index (κ1) is 17.7. The summed E-state index contributed by atoms with van der Waals surface area (Å²) >= 11 is 5.71. The molecule has 0 bridgehead atoms. The number of amides is 2. The fourth-order valence-electron chi connectivity index (χ4n) is 2.69. The molecule has 1 aromatic rings. The van der Waals surface area contributed by atoms with E-state index in [2.05, 4.69) is 5.32 Å². The van der Waals surface area contributed by atoms with Crippen molar-refractivity contribution < 1.29 is 14.0 Å². The van der Waals surface area contributed by atoms with Crippen LogP contribution in [0.25, 0.3) is 0 Å². The van der Waals surface area contributed by atoms with Gasteiger partial charge in [-0.05, 0) is 37.0 Å². The number of anilines is 1. The fraction of sp³-hybridized carbons (Fsp3) is 0.529. The molecule has 2 rings (SSSR count). The number of piperidine rings is 1. The number of likely N-dealkylation sites (tertiary alicyclic amines) is 1. The molecule has 23 heavy (non-hydrogen) atoms. The monoisotopic (exact) mass is 340 g/mol. The Balaban J connectivity index is 1.86. The molecule has 1 heterocycles. The highest BCUT2D eigenvalue weighted by molar-refractivity contribution is 6.31. The first-order valence-corrected chi connectivity index (χ1v) is 8.28. The standard InChI is InChI=1S/C17H22ClFN2O2/c1-11(2)9-16(22)21-7-5-12(6-8-21)17(23)20-13-3-4-15(19)14(18)10-13/h3-4,10-12H,5-9H2,1-2H3,(H,20,23). The first-order valence-electron chi connectivity index (χ1n) is 7.90. The molecule has 1 fully saturated rings. The summed E-state index contributed by atoms with van der Waals surface area (Å²) in [6, 6.07) is 4.11. The summed E-state index contributed by atoms with van der Waals surface area (Å²) < 4.78 is 13.1. The van der Waals surface area contributed by atoms with Crippen molar-refractivity contribution in [1.82, 2.24) is 4.90 Å². The lowest BCUT2D eigenvalue weighted by atomic mass is 9.95. The van der Waals surface area contributed by atoms with Gasteiger partial charge in [0.25, 0.3) is 0 Å². The van der Waals surface area contributed by atoms with Crippen LogP contribution in [0, 0.1) is 17.7 Å². The highest BCUT2D eigenvalue weighted by Gasteiger charge is 2.27. The Kier molecular flexibility index (Phi) is 5.99. The van der Waals surface area contributed by atoms with E-state index in [9.17, 15) is 14.0 Å². The lowest BCUT2D eigenvalue weighted by Gasteiger charge is -2.31. The van der Waals surface area contributed by atoms with Crippen molar-refractivity contribution >= 4 is 29.1 Å². The van der Waals surface area contributed by atoms with E-state index in [1.165, 1.54) is 18.2 Å². The van der Waals surface area contributed by atoms with E-state index in [0.717, 1.165) is 0 Å². The zero-order valence-corrected chi connectivity index (χ0v) is 14.2. The summed E-state index contributed by atoms with van der Waals surface area (Å²) in [6.07, 6.45) is 1.83. The van der Waals surface area contributed by atoms with Gasteiger partial charge in [-0.2, -0.15) is 0 Å². The molecule has 0 unspecified atom stereocenters. The highest BCUT2D eigenvalue weighted by atomic mass is 35.5. The van der Waals surface area contributed by atoms with E-state index in [0.29, 0.717) is 44.0 Å². The molecular weight excluding hydrogens is 319 g/mol. The minimum atomic E-state index is -0.512. The van der Waals surface area contributed by atoms with Crippen LogP contribution >= 0.6 is 11.6 Å². The topological polar surface area (TPSA) is 49.4 Å². The first-order chi connectivity index (χ1) is 10.9. The van der Waals surface area contributed by atoms with Crippen molar-refractivity contribution in [2.45, 2.75) is 33.1 Å². The molecule has 4 nitrogen and oxygen atoms in total. The second-order valence-corrected chi connectivity index (χ2v) is 6.78. The Morgan fingerprint density at radius 1 is 1.35 bits per heavy atom. The van der Waals surface area contributed by atoms with Crippen LogP contribution in [0.4, 0.5) is 10.1 Å². The molecule has 1 saturated heterocycles. The van der Waals surface area contributed by atoms with Gasteiger partial charge in [0, 0.05) is 31.1 Å². The maximum absolute atomic E-state index is 13.1. The number of carbonyl (C=O) groups excluding carboxylic acids is 2. The second-order valence-electron chi connectivity index (χ2n) is 6.37. The molecule has 126 valence electrons. The normalized spacial score (nSPS) is 15.8.